The van der Waals surface area contributed by atoms with Crippen molar-refractivity contribution in [2.75, 3.05) is 37.7 Å². The molecule has 0 spiro atoms. The fourth-order valence-corrected chi connectivity index (χ4v) is 3.08. The van der Waals surface area contributed by atoms with Crippen LogP contribution in [-0.4, -0.2) is 49.7 Å². The average Bonchev–Trinajstić information content (AvgIpc) is 3.04. The van der Waals surface area contributed by atoms with Crippen LogP contribution in [0.5, 0.6) is 0 Å². The van der Waals surface area contributed by atoms with E-state index in [1.807, 2.05) is 4.90 Å². The van der Waals surface area contributed by atoms with Gasteiger partial charge in [-0.15, -0.1) is 0 Å². The number of benzene rings is 1. The zero-order chi connectivity index (χ0) is 14.8. The molecular weight excluding hydrogens is 264 g/mol. The largest absolute Gasteiger partial charge is 0.368 e. The van der Waals surface area contributed by atoms with E-state index in [4.69, 9.17) is 4.74 Å². The molecule has 0 N–H and O–H groups in total. The SMILES string of the molecule is Cc1ccc(N2CCN(C(=O)C3CCCO3)CC2)cc1C. The molecule has 3 rings (SSSR count). The van der Waals surface area contributed by atoms with Crippen LogP contribution in [0.15, 0.2) is 18.2 Å². The van der Waals surface area contributed by atoms with Gasteiger partial charge >= 0.3 is 0 Å². The first kappa shape index (κ1) is 14.4. The third-order valence-electron chi connectivity index (χ3n) is 4.65. The molecule has 1 atom stereocenters. The molecular formula is C17H24N2O2. The fourth-order valence-electron chi connectivity index (χ4n) is 3.08. The van der Waals surface area contributed by atoms with Gasteiger partial charge in [0.05, 0.1) is 0 Å². The van der Waals surface area contributed by atoms with Gasteiger partial charge in [0.2, 0.25) is 0 Å². The summed E-state index contributed by atoms with van der Waals surface area (Å²) in [5.74, 6) is 0.187. The monoisotopic (exact) mass is 288 g/mol. The van der Waals surface area contributed by atoms with Crippen LogP contribution in [0.4, 0.5) is 5.69 Å². The highest BCUT2D eigenvalue weighted by Gasteiger charge is 2.30. The van der Waals surface area contributed by atoms with Gasteiger partial charge in [-0.05, 0) is 49.9 Å². The Bertz CT molecular complexity index is 516. The first-order valence-corrected chi connectivity index (χ1v) is 7.88. The average molecular weight is 288 g/mol. The Morgan fingerprint density at radius 2 is 1.90 bits per heavy atom. The van der Waals surface area contributed by atoms with Gasteiger partial charge in [-0.1, -0.05) is 6.07 Å². The predicted molar refractivity (Wildman–Crippen MR) is 83.7 cm³/mol. The van der Waals surface area contributed by atoms with Gasteiger partial charge in [0.1, 0.15) is 6.10 Å². The summed E-state index contributed by atoms with van der Waals surface area (Å²) in [7, 11) is 0. The second-order valence-electron chi connectivity index (χ2n) is 6.08. The van der Waals surface area contributed by atoms with E-state index in [0.29, 0.717) is 0 Å². The zero-order valence-electron chi connectivity index (χ0n) is 13.0. The number of carbonyl (C=O) groups excluding carboxylic acids is 1. The highest BCUT2D eigenvalue weighted by molar-refractivity contribution is 5.81. The number of hydrogen-bond donors (Lipinski definition) is 0. The minimum Gasteiger partial charge on any atom is -0.368 e. The van der Waals surface area contributed by atoms with E-state index < -0.39 is 0 Å². The van der Waals surface area contributed by atoms with Crippen LogP contribution in [0.3, 0.4) is 0 Å². The normalized spacial score (nSPS) is 22.7. The van der Waals surface area contributed by atoms with Gasteiger partial charge in [-0.2, -0.15) is 0 Å². The van der Waals surface area contributed by atoms with Crippen molar-refractivity contribution < 1.29 is 9.53 Å². The summed E-state index contributed by atoms with van der Waals surface area (Å²) in [6.07, 6.45) is 1.72. The molecule has 2 aliphatic rings. The van der Waals surface area contributed by atoms with Crippen molar-refractivity contribution in [3.63, 3.8) is 0 Å². The lowest BCUT2D eigenvalue weighted by molar-refractivity contribution is -0.141. The van der Waals surface area contributed by atoms with Crippen molar-refractivity contribution in [2.24, 2.45) is 0 Å². The fraction of sp³-hybridized carbons (Fsp3) is 0.588. The van der Waals surface area contributed by atoms with E-state index in [1.165, 1.54) is 16.8 Å². The Morgan fingerprint density at radius 1 is 1.14 bits per heavy atom. The third kappa shape index (κ3) is 3.05. The Hall–Kier alpha value is -1.55. The number of hydrogen-bond acceptors (Lipinski definition) is 3. The van der Waals surface area contributed by atoms with Crippen molar-refractivity contribution in [3.05, 3.63) is 29.3 Å². The summed E-state index contributed by atoms with van der Waals surface area (Å²) in [5.41, 5.74) is 3.92. The Balaban J connectivity index is 1.59. The number of anilines is 1. The summed E-state index contributed by atoms with van der Waals surface area (Å²) in [4.78, 5) is 16.7. The zero-order valence-corrected chi connectivity index (χ0v) is 13.0. The van der Waals surface area contributed by atoms with Crippen LogP contribution in [-0.2, 0) is 9.53 Å². The first-order valence-electron chi connectivity index (χ1n) is 7.88. The molecule has 2 saturated heterocycles. The highest BCUT2D eigenvalue weighted by atomic mass is 16.5. The highest BCUT2D eigenvalue weighted by Crippen LogP contribution is 2.21. The molecule has 0 aliphatic carbocycles. The molecule has 1 aromatic carbocycles. The van der Waals surface area contributed by atoms with Gasteiger partial charge < -0.3 is 14.5 Å². The van der Waals surface area contributed by atoms with E-state index in [-0.39, 0.29) is 12.0 Å². The van der Waals surface area contributed by atoms with Crippen molar-refractivity contribution in [2.45, 2.75) is 32.8 Å². The van der Waals surface area contributed by atoms with Gasteiger partial charge in [0.15, 0.2) is 0 Å². The Labute approximate surface area is 126 Å². The van der Waals surface area contributed by atoms with Gasteiger partial charge in [0, 0.05) is 38.5 Å². The molecule has 2 heterocycles. The summed E-state index contributed by atoms with van der Waals surface area (Å²) in [5, 5.41) is 0. The minimum absolute atomic E-state index is 0.182. The quantitative estimate of drug-likeness (QED) is 0.836. The maximum atomic E-state index is 12.3. The number of ether oxygens (including phenoxy) is 1. The van der Waals surface area contributed by atoms with Gasteiger partial charge in [-0.3, -0.25) is 4.79 Å². The maximum Gasteiger partial charge on any atom is 0.251 e. The first-order chi connectivity index (χ1) is 10.1. The second kappa shape index (κ2) is 6.06. The molecule has 0 aromatic heterocycles. The van der Waals surface area contributed by atoms with Crippen LogP contribution in [0, 0.1) is 13.8 Å². The second-order valence-corrected chi connectivity index (χ2v) is 6.08. The molecule has 2 fully saturated rings. The lowest BCUT2D eigenvalue weighted by Crippen LogP contribution is -2.51. The van der Waals surface area contributed by atoms with Crippen LogP contribution < -0.4 is 4.90 Å². The van der Waals surface area contributed by atoms with Crippen molar-refractivity contribution >= 4 is 11.6 Å². The number of amides is 1. The standard InChI is InChI=1S/C17H24N2O2/c1-13-5-6-15(12-14(13)2)18-7-9-19(10-8-18)17(20)16-4-3-11-21-16/h5-6,12,16H,3-4,7-11H2,1-2H3. The number of aryl methyl sites for hydroxylation is 2. The summed E-state index contributed by atoms with van der Waals surface area (Å²) in [6.45, 7) is 8.42. The third-order valence-corrected chi connectivity index (χ3v) is 4.65. The maximum absolute atomic E-state index is 12.3. The summed E-state index contributed by atoms with van der Waals surface area (Å²) in [6, 6.07) is 6.60. The van der Waals surface area contributed by atoms with Crippen LogP contribution >= 0.6 is 0 Å². The molecule has 114 valence electrons. The van der Waals surface area contributed by atoms with E-state index >= 15 is 0 Å². The van der Waals surface area contributed by atoms with Crippen LogP contribution in [0.1, 0.15) is 24.0 Å². The lowest BCUT2D eigenvalue weighted by atomic mass is 10.1. The number of piperazine rings is 1. The van der Waals surface area contributed by atoms with E-state index in [9.17, 15) is 4.79 Å². The molecule has 21 heavy (non-hydrogen) atoms. The van der Waals surface area contributed by atoms with E-state index in [2.05, 4.69) is 36.9 Å². The Kier molecular flexibility index (Phi) is 4.15. The predicted octanol–water partition coefficient (Wildman–Crippen LogP) is 2.13. The van der Waals surface area contributed by atoms with Crippen molar-refractivity contribution in [1.82, 2.24) is 4.90 Å². The molecule has 4 nitrogen and oxygen atoms in total. The van der Waals surface area contributed by atoms with Gasteiger partial charge in [0.25, 0.3) is 5.91 Å². The molecule has 0 radical (unpaired) electrons. The van der Waals surface area contributed by atoms with Crippen LogP contribution in [0.2, 0.25) is 0 Å². The molecule has 1 aromatic rings. The van der Waals surface area contributed by atoms with E-state index in [0.717, 1.165) is 45.6 Å². The van der Waals surface area contributed by atoms with E-state index in [1.54, 1.807) is 0 Å². The van der Waals surface area contributed by atoms with Gasteiger partial charge in [-0.25, -0.2) is 0 Å². The minimum atomic E-state index is -0.182. The summed E-state index contributed by atoms with van der Waals surface area (Å²) < 4.78 is 5.50. The topological polar surface area (TPSA) is 32.8 Å². The molecule has 1 unspecified atom stereocenters. The smallest absolute Gasteiger partial charge is 0.251 e. The Morgan fingerprint density at radius 3 is 2.52 bits per heavy atom. The molecule has 0 bridgehead atoms. The molecule has 2 aliphatic heterocycles. The molecule has 1 amide bonds. The summed E-state index contributed by atoms with van der Waals surface area (Å²) >= 11 is 0. The van der Waals surface area contributed by atoms with Crippen molar-refractivity contribution in [1.29, 1.82) is 0 Å². The number of nitrogens with zero attached hydrogens (tertiary/aromatic N) is 2. The number of carbonyl (C=O) groups is 1. The van der Waals surface area contributed by atoms with Crippen molar-refractivity contribution in [3.8, 4) is 0 Å². The lowest BCUT2D eigenvalue weighted by Gasteiger charge is -2.37. The molecule has 0 saturated carbocycles. The van der Waals surface area contributed by atoms with Crippen LogP contribution in [0.25, 0.3) is 0 Å². The number of rotatable bonds is 2. The molecule has 4 heteroatoms.